The van der Waals surface area contributed by atoms with Crippen molar-refractivity contribution < 1.29 is 24.1 Å². The van der Waals surface area contributed by atoms with Crippen molar-refractivity contribution >= 4 is 5.97 Å². The molecule has 1 heterocycles. The van der Waals surface area contributed by atoms with Gasteiger partial charge in [0.1, 0.15) is 5.82 Å². The Hall–Kier alpha value is -1.53. The maximum Gasteiger partial charge on any atom is 0.322 e. The van der Waals surface area contributed by atoms with Crippen LogP contribution in [0.25, 0.3) is 0 Å². The molecule has 0 radical (unpaired) electrons. The van der Waals surface area contributed by atoms with Gasteiger partial charge in [-0.1, -0.05) is 0 Å². The van der Waals surface area contributed by atoms with Crippen molar-refractivity contribution in [3.05, 3.63) is 29.8 Å². The van der Waals surface area contributed by atoms with E-state index in [0.29, 0.717) is 0 Å². The molecule has 2 N–H and O–H groups in total. The first-order valence-electron chi connectivity index (χ1n) is 5.11. The lowest BCUT2D eigenvalue weighted by Crippen LogP contribution is -2.45. The molecule has 0 amide bonds. The number of carbonyl (C=O) groups excluding carboxylic acids is 1. The molecular formula is C11H14FNO4. The SMILES string of the molecule is CCOC(=O)C(CO)(CO)c1ccc(F)cn1. The van der Waals surface area contributed by atoms with Crippen molar-refractivity contribution in [2.75, 3.05) is 19.8 Å². The fourth-order valence-corrected chi connectivity index (χ4v) is 1.37. The van der Waals surface area contributed by atoms with Crippen molar-refractivity contribution in [2.24, 2.45) is 0 Å². The van der Waals surface area contributed by atoms with Gasteiger partial charge < -0.3 is 14.9 Å². The lowest BCUT2D eigenvalue weighted by Gasteiger charge is -2.26. The van der Waals surface area contributed by atoms with Gasteiger partial charge in [-0.05, 0) is 19.1 Å². The van der Waals surface area contributed by atoms with Crippen molar-refractivity contribution in [3.63, 3.8) is 0 Å². The van der Waals surface area contributed by atoms with Crippen LogP contribution in [-0.2, 0) is 14.9 Å². The second-order valence-electron chi connectivity index (χ2n) is 3.48. The zero-order valence-corrected chi connectivity index (χ0v) is 9.39. The fraction of sp³-hybridized carbons (Fsp3) is 0.455. The number of hydrogen-bond donors (Lipinski definition) is 2. The van der Waals surface area contributed by atoms with E-state index in [-0.39, 0.29) is 12.3 Å². The second kappa shape index (κ2) is 5.70. The number of nitrogens with zero attached hydrogens (tertiary/aromatic N) is 1. The Bertz CT molecular complexity index is 376. The molecular weight excluding hydrogens is 229 g/mol. The van der Waals surface area contributed by atoms with Crippen LogP contribution in [0.4, 0.5) is 4.39 Å². The quantitative estimate of drug-likeness (QED) is 0.712. The third-order valence-electron chi connectivity index (χ3n) is 2.42. The van der Waals surface area contributed by atoms with Gasteiger partial charge in [0.25, 0.3) is 0 Å². The number of aliphatic hydroxyl groups excluding tert-OH is 2. The van der Waals surface area contributed by atoms with Crippen LogP contribution in [0.15, 0.2) is 18.3 Å². The number of hydrogen-bond acceptors (Lipinski definition) is 5. The van der Waals surface area contributed by atoms with E-state index in [1.165, 1.54) is 6.07 Å². The number of pyridine rings is 1. The first-order valence-corrected chi connectivity index (χ1v) is 5.11. The highest BCUT2D eigenvalue weighted by Gasteiger charge is 2.42. The standard InChI is InChI=1S/C11H14FNO4/c1-2-17-10(16)11(6-14,7-15)9-4-3-8(12)5-13-9/h3-5,14-15H,2,6-7H2,1H3. The summed E-state index contributed by atoms with van der Waals surface area (Å²) < 4.78 is 17.5. The summed E-state index contributed by atoms with van der Waals surface area (Å²) in [7, 11) is 0. The maximum absolute atomic E-state index is 12.7. The minimum Gasteiger partial charge on any atom is -0.465 e. The molecule has 17 heavy (non-hydrogen) atoms. The van der Waals surface area contributed by atoms with Gasteiger partial charge in [-0.3, -0.25) is 9.78 Å². The monoisotopic (exact) mass is 243 g/mol. The van der Waals surface area contributed by atoms with Crippen LogP contribution >= 0.6 is 0 Å². The fourth-order valence-electron chi connectivity index (χ4n) is 1.37. The molecule has 0 aliphatic carbocycles. The zero-order valence-electron chi connectivity index (χ0n) is 9.39. The van der Waals surface area contributed by atoms with E-state index in [1.54, 1.807) is 6.92 Å². The van der Waals surface area contributed by atoms with Gasteiger partial charge in [-0.15, -0.1) is 0 Å². The number of aromatic nitrogens is 1. The first kappa shape index (κ1) is 13.5. The topological polar surface area (TPSA) is 79.7 Å². The Morgan fingerprint density at radius 3 is 2.53 bits per heavy atom. The summed E-state index contributed by atoms with van der Waals surface area (Å²) in [6, 6.07) is 2.33. The average Bonchev–Trinajstić information content (AvgIpc) is 2.34. The molecule has 0 saturated heterocycles. The Morgan fingerprint density at radius 2 is 2.12 bits per heavy atom. The molecule has 1 aromatic heterocycles. The van der Waals surface area contributed by atoms with Crippen LogP contribution in [0.5, 0.6) is 0 Å². The molecule has 6 heteroatoms. The molecule has 0 aliphatic rings. The second-order valence-corrected chi connectivity index (χ2v) is 3.48. The average molecular weight is 243 g/mol. The summed E-state index contributed by atoms with van der Waals surface area (Å²) in [5.41, 5.74) is -1.58. The minimum absolute atomic E-state index is 0.0716. The van der Waals surface area contributed by atoms with Gasteiger partial charge in [0.2, 0.25) is 0 Å². The molecule has 0 aromatic carbocycles. The van der Waals surface area contributed by atoms with Crippen LogP contribution in [0, 0.1) is 5.82 Å². The zero-order chi connectivity index (χ0) is 12.9. The van der Waals surface area contributed by atoms with E-state index >= 15 is 0 Å². The Balaban J connectivity index is 3.14. The lowest BCUT2D eigenvalue weighted by atomic mass is 9.85. The Morgan fingerprint density at radius 1 is 1.47 bits per heavy atom. The summed E-state index contributed by atoms with van der Waals surface area (Å²) in [4.78, 5) is 15.4. The highest BCUT2D eigenvalue weighted by molar-refractivity contribution is 5.83. The van der Waals surface area contributed by atoms with E-state index in [0.717, 1.165) is 12.3 Å². The van der Waals surface area contributed by atoms with Gasteiger partial charge in [-0.2, -0.15) is 0 Å². The van der Waals surface area contributed by atoms with E-state index in [4.69, 9.17) is 4.74 Å². The van der Waals surface area contributed by atoms with Gasteiger partial charge in [-0.25, -0.2) is 4.39 Å². The molecule has 1 rings (SSSR count). The van der Waals surface area contributed by atoms with E-state index in [2.05, 4.69) is 4.98 Å². The van der Waals surface area contributed by atoms with Crippen molar-refractivity contribution in [1.82, 2.24) is 4.98 Å². The molecule has 0 fully saturated rings. The summed E-state index contributed by atoms with van der Waals surface area (Å²) in [6.45, 7) is 0.388. The van der Waals surface area contributed by atoms with Gasteiger partial charge in [0, 0.05) is 0 Å². The van der Waals surface area contributed by atoms with Crippen LogP contribution < -0.4 is 0 Å². The Kier molecular flexibility index (Phi) is 4.53. The molecule has 0 aliphatic heterocycles. The largest absolute Gasteiger partial charge is 0.465 e. The molecule has 0 spiro atoms. The third-order valence-corrected chi connectivity index (χ3v) is 2.42. The first-order chi connectivity index (χ1) is 8.10. The molecule has 1 aromatic rings. The van der Waals surface area contributed by atoms with E-state index in [9.17, 15) is 19.4 Å². The van der Waals surface area contributed by atoms with Gasteiger partial charge in [0.05, 0.1) is 31.7 Å². The maximum atomic E-state index is 12.7. The van der Waals surface area contributed by atoms with Crippen LogP contribution in [0.1, 0.15) is 12.6 Å². The van der Waals surface area contributed by atoms with Crippen LogP contribution in [0.2, 0.25) is 0 Å². The van der Waals surface area contributed by atoms with Gasteiger partial charge >= 0.3 is 5.97 Å². The van der Waals surface area contributed by atoms with E-state index in [1.807, 2.05) is 0 Å². The summed E-state index contributed by atoms with van der Waals surface area (Å²) in [5, 5.41) is 18.6. The summed E-state index contributed by atoms with van der Waals surface area (Å²) in [6.07, 6.45) is 0.911. The smallest absolute Gasteiger partial charge is 0.322 e. The summed E-state index contributed by atoms with van der Waals surface area (Å²) in [5.74, 6) is -1.36. The normalized spacial score (nSPS) is 11.3. The molecule has 0 bridgehead atoms. The number of aliphatic hydroxyl groups is 2. The predicted molar refractivity (Wildman–Crippen MR) is 56.7 cm³/mol. The van der Waals surface area contributed by atoms with Crippen molar-refractivity contribution in [3.8, 4) is 0 Å². The molecule has 0 saturated carbocycles. The molecule has 5 nitrogen and oxygen atoms in total. The van der Waals surface area contributed by atoms with Gasteiger partial charge in [0.15, 0.2) is 5.41 Å². The molecule has 0 unspecified atom stereocenters. The number of esters is 1. The van der Waals surface area contributed by atoms with E-state index < -0.39 is 30.4 Å². The number of halogens is 1. The summed E-state index contributed by atoms with van der Waals surface area (Å²) >= 11 is 0. The molecule has 94 valence electrons. The van der Waals surface area contributed by atoms with Crippen molar-refractivity contribution in [1.29, 1.82) is 0 Å². The highest BCUT2D eigenvalue weighted by atomic mass is 19.1. The number of ether oxygens (including phenoxy) is 1. The van der Waals surface area contributed by atoms with Crippen LogP contribution in [-0.4, -0.2) is 41.0 Å². The highest BCUT2D eigenvalue weighted by Crippen LogP contribution is 2.23. The number of rotatable bonds is 5. The lowest BCUT2D eigenvalue weighted by molar-refractivity contribution is -0.154. The molecule has 0 atom stereocenters. The Labute approximate surface area is 97.9 Å². The van der Waals surface area contributed by atoms with Crippen LogP contribution in [0.3, 0.4) is 0 Å². The minimum atomic E-state index is -1.65. The third kappa shape index (κ3) is 2.59. The van der Waals surface area contributed by atoms with Crippen molar-refractivity contribution in [2.45, 2.75) is 12.3 Å². The predicted octanol–water partition coefficient (Wildman–Crippen LogP) is 0.00620. The number of carbonyl (C=O) groups is 1.